The first-order valence-electron chi connectivity index (χ1n) is 6.64. The number of benzene rings is 1. The molecule has 0 amide bonds. The number of Topliss-reactive ketones (excluding diaryl/α,β-unsaturated/α-hetero) is 1. The van der Waals surface area contributed by atoms with Crippen molar-refractivity contribution in [2.24, 2.45) is 0 Å². The highest BCUT2D eigenvalue weighted by molar-refractivity contribution is 9.10. The molecule has 20 heavy (non-hydrogen) atoms. The van der Waals surface area contributed by atoms with Gasteiger partial charge in [-0.05, 0) is 25.0 Å². The molecule has 1 aromatic rings. The van der Waals surface area contributed by atoms with Crippen molar-refractivity contribution in [3.63, 3.8) is 0 Å². The molecule has 108 valence electrons. The Morgan fingerprint density at radius 2 is 2.05 bits per heavy atom. The van der Waals surface area contributed by atoms with Crippen molar-refractivity contribution in [2.75, 3.05) is 6.61 Å². The van der Waals surface area contributed by atoms with Crippen LogP contribution < -0.4 is 0 Å². The van der Waals surface area contributed by atoms with E-state index in [0.29, 0.717) is 12.2 Å². The zero-order valence-electron chi connectivity index (χ0n) is 11.3. The van der Waals surface area contributed by atoms with Crippen LogP contribution in [0.3, 0.4) is 0 Å². The molecular formula is C15H17BrO4. The number of halogens is 1. The molecule has 2 rings (SSSR count). The zero-order valence-corrected chi connectivity index (χ0v) is 12.9. The van der Waals surface area contributed by atoms with E-state index >= 15 is 0 Å². The molecule has 2 atom stereocenters. The van der Waals surface area contributed by atoms with Crippen LogP contribution in [0.1, 0.15) is 36.5 Å². The van der Waals surface area contributed by atoms with E-state index in [0.717, 1.165) is 17.3 Å². The number of carbonyl (C=O) groups excluding carboxylic acids is 2. The van der Waals surface area contributed by atoms with E-state index in [1.54, 1.807) is 12.1 Å². The van der Waals surface area contributed by atoms with Crippen LogP contribution in [0.15, 0.2) is 28.7 Å². The van der Waals surface area contributed by atoms with Crippen molar-refractivity contribution in [3.05, 3.63) is 34.3 Å². The van der Waals surface area contributed by atoms with E-state index in [1.165, 1.54) is 6.92 Å². The SMILES string of the molecule is CC(=O)O[C@H]1CCCO[C@H]1CC(=O)c1ccc(Br)cc1. The monoisotopic (exact) mass is 340 g/mol. The van der Waals surface area contributed by atoms with E-state index in [2.05, 4.69) is 15.9 Å². The van der Waals surface area contributed by atoms with Crippen LogP contribution in [-0.4, -0.2) is 30.6 Å². The second-order valence-electron chi connectivity index (χ2n) is 4.83. The smallest absolute Gasteiger partial charge is 0.302 e. The topological polar surface area (TPSA) is 52.6 Å². The summed E-state index contributed by atoms with van der Waals surface area (Å²) in [5.74, 6) is -0.330. The van der Waals surface area contributed by atoms with Crippen molar-refractivity contribution in [3.8, 4) is 0 Å². The van der Waals surface area contributed by atoms with Crippen LogP contribution in [0.4, 0.5) is 0 Å². The summed E-state index contributed by atoms with van der Waals surface area (Å²) in [5, 5.41) is 0. The minimum Gasteiger partial charge on any atom is -0.460 e. The third-order valence-corrected chi connectivity index (χ3v) is 3.78. The van der Waals surface area contributed by atoms with Gasteiger partial charge in [0, 0.05) is 30.0 Å². The van der Waals surface area contributed by atoms with Gasteiger partial charge >= 0.3 is 5.97 Å². The number of hydrogen-bond donors (Lipinski definition) is 0. The fourth-order valence-corrected chi connectivity index (χ4v) is 2.55. The Morgan fingerprint density at radius 1 is 1.35 bits per heavy atom. The minimum atomic E-state index is -0.344. The van der Waals surface area contributed by atoms with Crippen LogP contribution in [0, 0.1) is 0 Å². The standard InChI is InChI=1S/C15H17BrO4/c1-10(17)20-14-3-2-8-19-15(14)9-13(18)11-4-6-12(16)7-5-11/h4-7,14-15H,2-3,8-9H2,1H3/t14-,15-/m0/s1. The lowest BCUT2D eigenvalue weighted by atomic mass is 9.97. The normalized spacial score (nSPS) is 22.3. The Hall–Kier alpha value is -1.20. The number of ketones is 1. The van der Waals surface area contributed by atoms with Crippen molar-refractivity contribution in [2.45, 2.75) is 38.4 Å². The number of ether oxygens (including phenoxy) is 2. The maximum absolute atomic E-state index is 12.2. The predicted octanol–water partition coefficient (Wildman–Crippen LogP) is 3.13. The average molecular weight is 341 g/mol. The van der Waals surface area contributed by atoms with E-state index in [1.807, 2.05) is 12.1 Å². The molecule has 0 aromatic heterocycles. The molecule has 1 aromatic carbocycles. The van der Waals surface area contributed by atoms with Gasteiger partial charge < -0.3 is 9.47 Å². The number of carbonyl (C=O) groups is 2. The number of esters is 1. The summed E-state index contributed by atoms with van der Waals surface area (Å²) in [5.41, 5.74) is 0.643. The minimum absolute atomic E-state index is 0.00144. The Morgan fingerprint density at radius 3 is 2.70 bits per heavy atom. The quantitative estimate of drug-likeness (QED) is 0.624. The maximum atomic E-state index is 12.2. The molecular weight excluding hydrogens is 324 g/mol. The van der Waals surface area contributed by atoms with Crippen LogP contribution >= 0.6 is 15.9 Å². The summed E-state index contributed by atoms with van der Waals surface area (Å²) >= 11 is 3.34. The lowest BCUT2D eigenvalue weighted by Gasteiger charge is -2.30. The van der Waals surface area contributed by atoms with Gasteiger partial charge in [0.15, 0.2) is 5.78 Å². The second kappa shape index (κ2) is 6.99. The van der Waals surface area contributed by atoms with E-state index in [9.17, 15) is 9.59 Å². The highest BCUT2D eigenvalue weighted by Crippen LogP contribution is 2.22. The van der Waals surface area contributed by atoms with Crippen molar-refractivity contribution in [1.82, 2.24) is 0 Å². The highest BCUT2D eigenvalue weighted by Gasteiger charge is 2.30. The first kappa shape index (κ1) is 15.2. The van der Waals surface area contributed by atoms with Crippen molar-refractivity contribution in [1.29, 1.82) is 0 Å². The summed E-state index contributed by atoms with van der Waals surface area (Å²) in [6, 6.07) is 7.21. The molecule has 0 aliphatic carbocycles. The van der Waals surface area contributed by atoms with Gasteiger partial charge in [0.2, 0.25) is 0 Å². The van der Waals surface area contributed by atoms with E-state index in [-0.39, 0.29) is 30.4 Å². The third-order valence-electron chi connectivity index (χ3n) is 3.25. The van der Waals surface area contributed by atoms with Gasteiger partial charge in [0.25, 0.3) is 0 Å². The fraction of sp³-hybridized carbons (Fsp3) is 0.467. The molecule has 0 saturated carbocycles. The summed E-state index contributed by atoms with van der Waals surface area (Å²) in [6.45, 7) is 1.98. The zero-order chi connectivity index (χ0) is 14.5. The van der Waals surface area contributed by atoms with Crippen molar-refractivity contribution >= 4 is 27.7 Å². The lowest BCUT2D eigenvalue weighted by Crippen LogP contribution is -2.38. The van der Waals surface area contributed by atoms with Crippen LogP contribution in [-0.2, 0) is 14.3 Å². The Bertz CT molecular complexity index is 483. The molecule has 1 saturated heterocycles. The van der Waals surface area contributed by atoms with Gasteiger partial charge in [-0.1, -0.05) is 28.1 Å². The molecule has 0 bridgehead atoms. The van der Waals surface area contributed by atoms with Gasteiger partial charge in [-0.15, -0.1) is 0 Å². The van der Waals surface area contributed by atoms with Gasteiger partial charge in [-0.25, -0.2) is 0 Å². The average Bonchev–Trinajstić information content (AvgIpc) is 2.41. The molecule has 0 spiro atoms. The Kier molecular flexibility index (Phi) is 5.31. The predicted molar refractivity (Wildman–Crippen MR) is 77.6 cm³/mol. The molecule has 1 fully saturated rings. The lowest BCUT2D eigenvalue weighted by molar-refractivity contribution is -0.160. The summed E-state index contributed by atoms with van der Waals surface area (Å²) < 4.78 is 11.8. The van der Waals surface area contributed by atoms with Crippen molar-refractivity contribution < 1.29 is 19.1 Å². The molecule has 4 nitrogen and oxygen atoms in total. The molecule has 0 N–H and O–H groups in total. The maximum Gasteiger partial charge on any atom is 0.302 e. The van der Waals surface area contributed by atoms with E-state index < -0.39 is 0 Å². The van der Waals surface area contributed by atoms with Gasteiger partial charge in [-0.3, -0.25) is 9.59 Å². The van der Waals surface area contributed by atoms with Gasteiger partial charge in [0.1, 0.15) is 12.2 Å². The molecule has 1 aliphatic rings. The first-order chi connectivity index (χ1) is 9.56. The molecule has 0 radical (unpaired) electrons. The molecule has 5 heteroatoms. The van der Waals surface area contributed by atoms with E-state index in [4.69, 9.17) is 9.47 Å². The number of hydrogen-bond acceptors (Lipinski definition) is 4. The fourth-order valence-electron chi connectivity index (χ4n) is 2.29. The second-order valence-corrected chi connectivity index (χ2v) is 5.75. The third kappa shape index (κ3) is 4.15. The van der Waals surface area contributed by atoms with Gasteiger partial charge in [0.05, 0.1) is 0 Å². The summed E-state index contributed by atoms with van der Waals surface area (Å²) in [4.78, 5) is 23.3. The van der Waals surface area contributed by atoms with Crippen LogP contribution in [0.25, 0.3) is 0 Å². The Labute approximate surface area is 126 Å². The number of rotatable bonds is 4. The molecule has 1 heterocycles. The first-order valence-corrected chi connectivity index (χ1v) is 7.43. The highest BCUT2D eigenvalue weighted by atomic mass is 79.9. The van der Waals surface area contributed by atoms with Crippen LogP contribution in [0.2, 0.25) is 0 Å². The summed E-state index contributed by atoms with van der Waals surface area (Å²) in [7, 11) is 0. The largest absolute Gasteiger partial charge is 0.460 e. The molecule has 1 aliphatic heterocycles. The van der Waals surface area contributed by atoms with Crippen LogP contribution in [0.5, 0.6) is 0 Å². The molecule has 0 unspecified atom stereocenters. The Balaban J connectivity index is 2.00. The van der Waals surface area contributed by atoms with Gasteiger partial charge in [-0.2, -0.15) is 0 Å². The summed E-state index contributed by atoms with van der Waals surface area (Å²) in [6.07, 6.45) is 1.17.